The predicted octanol–water partition coefficient (Wildman–Crippen LogP) is 5.27. The number of rotatable bonds is 1. The van der Waals surface area contributed by atoms with Gasteiger partial charge < -0.3 is 9.55 Å². The molecule has 0 spiro atoms. The lowest BCUT2D eigenvalue weighted by molar-refractivity contribution is 1.13. The SMILES string of the molecule is c1ccc(-n2ccc3cc4[nH]c5ccccc5c4cc32)cc1. The van der Waals surface area contributed by atoms with Gasteiger partial charge in [0.05, 0.1) is 5.52 Å². The molecule has 2 heteroatoms. The molecule has 0 saturated carbocycles. The fraction of sp³-hybridized carbons (Fsp3) is 0. The van der Waals surface area contributed by atoms with Gasteiger partial charge in [0.25, 0.3) is 0 Å². The van der Waals surface area contributed by atoms with E-state index in [2.05, 4.69) is 82.5 Å². The Morgan fingerprint density at radius 1 is 0.682 bits per heavy atom. The number of hydrogen-bond acceptors (Lipinski definition) is 0. The highest BCUT2D eigenvalue weighted by Gasteiger charge is 2.08. The zero-order chi connectivity index (χ0) is 14.5. The molecule has 104 valence electrons. The van der Waals surface area contributed by atoms with Crippen molar-refractivity contribution in [2.45, 2.75) is 0 Å². The van der Waals surface area contributed by atoms with Crippen LogP contribution >= 0.6 is 0 Å². The van der Waals surface area contributed by atoms with Crippen molar-refractivity contribution in [2.24, 2.45) is 0 Å². The molecule has 0 radical (unpaired) electrons. The molecule has 0 aliphatic heterocycles. The first kappa shape index (κ1) is 11.6. The van der Waals surface area contributed by atoms with Crippen LogP contribution in [0, 0.1) is 0 Å². The fourth-order valence-electron chi connectivity index (χ4n) is 3.29. The number of para-hydroxylation sites is 2. The molecule has 2 nitrogen and oxygen atoms in total. The van der Waals surface area contributed by atoms with Crippen molar-refractivity contribution in [2.75, 3.05) is 0 Å². The molecule has 1 N–H and O–H groups in total. The van der Waals surface area contributed by atoms with Crippen LogP contribution in [0.4, 0.5) is 0 Å². The molecule has 0 aliphatic carbocycles. The molecule has 0 saturated heterocycles. The Bertz CT molecular complexity index is 1110. The highest BCUT2D eigenvalue weighted by Crippen LogP contribution is 2.30. The smallest absolute Gasteiger partial charge is 0.0536 e. The van der Waals surface area contributed by atoms with Crippen LogP contribution in [-0.4, -0.2) is 9.55 Å². The summed E-state index contributed by atoms with van der Waals surface area (Å²) in [4.78, 5) is 3.51. The quantitative estimate of drug-likeness (QED) is 0.432. The summed E-state index contributed by atoms with van der Waals surface area (Å²) in [7, 11) is 0. The van der Waals surface area contributed by atoms with E-state index in [4.69, 9.17) is 0 Å². The van der Waals surface area contributed by atoms with E-state index in [0.717, 1.165) is 0 Å². The zero-order valence-electron chi connectivity index (χ0n) is 12.0. The Balaban J connectivity index is 1.89. The molecule has 5 aromatic rings. The van der Waals surface area contributed by atoms with Crippen molar-refractivity contribution in [1.82, 2.24) is 9.55 Å². The van der Waals surface area contributed by atoms with Crippen LogP contribution in [0.25, 0.3) is 38.4 Å². The maximum absolute atomic E-state index is 3.51. The molecule has 3 aromatic carbocycles. The van der Waals surface area contributed by atoms with Gasteiger partial charge in [-0.1, -0.05) is 36.4 Å². The third-order valence-electron chi connectivity index (χ3n) is 4.35. The third kappa shape index (κ3) is 1.55. The lowest BCUT2D eigenvalue weighted by atomic mass is 10.1. The molecule has 0 fully saturated rings. The molecule has 0 bridgehead atoms. The third-order valence-corrected chi connectivity index (χ3v) is 4.35. The van der Waals surface area contributed by atoms with Crippen molar-refractivity contribution in [3.8, 4) is 5.69 Å². The summed E-state index contributed by atoms with van der Waals surface area (Å²) in [5.41, 5.74) is 4.82. The summed E-state index contributed by atoms with van der Waals surface area (Å²) in [6.07, 6.45) is 2.14. The number of fused-ring (bicyclic) bond motifs is 4. The lowest BCUT2D eigenvalue weighted by Gasteiger charge is -2.05. The van der Waals surface area contributed by atoms with E-state index in [1.165, 1.54) is 38.4 Å². The average Bonchev–Trinajstić information content (AvgIpc) is 3.14. The van der Waals surface area contributed by atoms with E-state index < -0.39 is 0 Å². The van der Waals surface area contributed by atoms with Crippen LogP contribution in [0.1, 0.15) is 0 Å². The summed E-state index contributed by atoms with van der Waals surface area (Å²) >= 11 is 0. The zero-order valence-corrected chi connectivity index (χ0v) is 12.0. The monoisotopic (exact) mass is 282 g/mol. The summed E-state index contributed by atoms with van der Waals surface area (Å²) in [6, 6.07) is 25.6. The topological polar surface area (TPSA) is 20.7 Å². The first-order valence-electron chi connectivity index (χ1n) is 7.47. The van der Waals surface area contributed by atoms with Crippen molar-refractivity contribution in [3.05, 3.63) is 79.0 Å². The summed E-state index contributed by atoms with van der Waals surface area (Å²) < 4.78 is 2.25. The van der Waals surface area contributed by atoms with E-state index in [-0.39, 0.29) is 0 Å². The van der Waals surface area contributed by atoms with Crippen molar-refractivity contribution in [3.63, 3.8) is 0 Å². The maximum atomic E-state index is 3.51. The number of nitrogens with one attached hydrogen (secondary N) is 1. The van der Waals surface area contributed by atoms with Gasteiger partial charge in [-0.2, -0.15) is 0 Å². The Hall–Kier alpha value is -3.00. The van der Waals surface area contributed by atoms with Crippen LogP contribution in [0.2, 0.25) is 0 Å². The minimum absolute atomic E-state index is 1.19. The average molecular weight is 282 g/mol. The maximum Gasteiger partial charge on any atom is 0.0536 e. The van der Waals surface area contributed by atoms with Gasteiger partial charge in [-0.3, -0.25) is 0 Å². The number of aromatic nitrogens is 2. The van der Waals surface area contributed by atoms with Gasteiger partial charge in [-0.25, -0.2) is 0 Å². The predicted molar refractivity (Wildman–Crippen MR) is 92.6 cm³/mol. The number of aromatic amines is 1. The molecule has 0 amide bonds. The molecule has 2 aromatic heterocycles. The Labute approximate surface area is 127 Å². The van der Waals surface area contributed by atoms with E-state index in [1.807, 2.05) is 6.07 Å². The molecular formula is C20H14N2. The van der Waals surface area contributed by atoms with E-state index in [0.29, 0.717) is 0 Å². The number of H-pyrrole nitrogens is 1. The van der Waals surface area contributed by atoms with Crippen LogP contribution in [0.3, 0.4) is 0 Å². The molecule has 2 heterocycles. The van der Waals surface area contributed by atoms with Crippen molar-refractivity contribution >= 4 is 32.7 Å². The van der Waals surface area contributed by atoms with E-state index >= 15 is 0 Å². The van der Waals surface area contributed by atoms with Crippen LogP contribution < -0.4 is 0 Å². The van der Waals surface area contributed by atoms with Gasteiger partial charge in [0.1, 0.15) is 0 Å². The van der Waals surface area contributed by atoms with Crippen LogP contribution in [-0.2, 0) is 0 Å². The summed E-state index contributed by atoms with van der Waals surface area (Å²) in [5, 5.41) is 3.81. The molecule has 0 unspecified atom stereocenters. The lowest BCUT2D eigenvalue weighted by Crippen LogP contribution is -1.90. The van der Waals surface area contributed by atoms with Gasteiger partial charge in [0.15, 0.2) is 0 Å². The molecular weight excluding hydrogens is 268 g/mol. The highest BCUT2D eigenvalue weighted by atomic mass is 15.0. The minimum Gasteiger partial charge on any atom is -0.354 e. The number of nitrogens with zero attached hydrogens (tertiary/aromatic N) is 1. The van der Waals surface area contributed by atoms with Crippen molar-refractivity contribution < 1.29 is 0 Å². The van der Waals surface area contributed by atoms with E-state index in [9.17, 15) is 0 Å². The van der Waals surface area contributed by atoms with Crippen molar-refractivity contribution in [1.29, 1.82) is 0 Å². The normalized spacial score (nSPS) is 11.6. The van der Waals surface area contributed by atoms with E-state index in [1.54, 1.807) is 0 Å². The first-order valence-corrected chi connectivity index (χ1v) is 7.47. The number of benzene rings is 3. The van der Waals surface area contributed by atoms with Gasteiger partial charge in [-0.15, -0.1) is 0 Å². The minimum atomic E-state index is 1.19. The molecule has 22 heavy (non-hydrogen) atoms. The molecule has 0 aliphatic rings. The fourth-order valence-corrected chi connectivity index (χ4v) is 3.29. The highest BCUT2D eigenvalue weighted by molar-refractivity contribution is 6.11. The summed E-state index contributed by atoms with van der Waals surface area (Å²) in [5.74, 6) is 0. The van der Waals surface area contributed by atoms with Gasteiger partial charge in [0, 0.05) is 39.1 Å². The molecule has 0 atom stereocenters. The second-order valence-corrected chi connectivity index (χ2v) is 5.65. The largest absolute Gasteiger partial charge is 0.354 e. The number of hydrogen-bond donors (Lipinski definition) is 1. The Kier molecular flexibility index (Phi) is 2.25. The van der Waals surface area contributed by atoms with Crippen LogP contribution in [0.15, 0.2) is 79.0 Å². The van der Waals surface area contributed by atoms with Gasteiger partial charge in [-0.05, 0) is 36.4 Å². The van der Waals surface area contributed by atoms with Gasteiger partial charge >= 0.3 is 0 Å². The second-order valence-electron chi connectivity index (χ2n) is 5.65. The summed E-state index contributed by atoms with van der Waals surface area (Å²) in [6.45, 7) is 0. The first-order chi connectivity index (χ1) is 10.9. The van der Waals surface area contributed by atoms with Gasteiger partial charge in [0.2, 0.25) is 0 Å². The van der Waals surface area contributed by atoms with Crippen LogP contribution in [0.5, 0.6) is 0 Å². The standard InChI is InChI=1S/C20H14N2/c1-2-6-15(7-3-1)22-11-10-14-12-19-17(13-20(14)22)16-8-4-5-9-18(16)21-19/h1-13,21H. The Morgan fingerprint density at radius 2 is 1.50 bits per heavy atom. The second kappa shape index (κ2) is 4.25. The Morgan fingerprint density at radius 3 is 2.41 bits per heavy atom. The molecule has 5 rings (SSSR count).